The van der Waals surface area contributed by atoms with Crippen molar-refractivity contribution in [2.45, 2.75) is 26.3 Å². The number of halogens is 1. The van der Waals surface area contributed by atoms with Crippen LogP contribution in [0, 0.1) is 0 Å². The van der Waals surface area contributed by atoms with E-state index in [2.05, 4.69) is 51.5 Å². The molecule has 2 heterocycles. The highest BCUT2D eigenvalue weighted by Gasteiger charge is 2.18. The second kappa shape index (κ2) is 5.53. The summed E-state index contributed by atoms with van der Waals surface area (Å²) in [5, 5.41) is 14.0. The van der Waals surface area contributed by atoms with Crippen LogP contribution >= 0.6 is 15.9 Å². The molecule has 0 atom stereocenters. The van der Waals surface area contributed by atoms with Crippen molar-refractivity contribution in [3.63, 3.8) is 0 Å². The average Bonchev–Trinajstić information content (AvgIpc) is 2.84. The van der Waals surface area contributed by atoms with Gasteiger partial charge in [0, 0.05) is 15.7 Å². The quantitative estimate of drug-likeness (QED) is 0.733. The lowest BCUT2D eigenvalue weighted by Gasteiger charge is -2.22. The number of anilines is 3. The highest BCUT2D eigenvalue weighted by atomic mass is 79.9. The molecule has 114 valence electrons. The predicted molar refractivity (Wildman–Crippen MR) is 88.2 cm³/mol. The maximum absolute atomic E-state index is 4.69. The van der Waals surface area contributed by atoms with Gasteiger partial charge in [0.15, 0.2) is 11.6 Å². The molecule has 0 radical (unpaired) electrons. The van der Waals surface area contributed by atoms with Crippen LogP contribution in [-0.2, 0) is 0 Å². The molecule has 1 aromatic carbocycles. The van der Waals surface area contributed by atoms with E-state index in [1.54, 1.807) is 0 Å². The third kappa shape index (κ3) is 3.33. The summed E-state index contributed by atoms with van der Waals surface area (Å²) in [7, 11) is 0. The van der Waals surface area contributed by atoms with E-state index in [0.29, 0.717) is 22.9 Å². The molecule has 0 aliphatic rings. The Morgan fingerprint density at radius 2 is 1.73 bits per heavy atom. The summed E-state index contributed by atoms with van der Waals surface area (Å²) in [6.45, 7) is 6.13. The standard InChI is InChI=1S/C14H15BrN6O/c1-14(2,3)19-11-10(16-9-6-4-5-8(15)7-9)17-12-13(18-11)21-22-20-12/h4-7H,1-3H3,(H,16,17,20)(H,18,19,21). The van der Waals surface area contributed by atoms with E-state index in [1.807, 2.05) is 45.0 Å². The highest BCUT2D eigenvalue weighted by molar-refractivity contribution is 9.10. The molecular formula is C14H15BrN6O. The Morgan fingerprint density at radius 1 is 1.05 bits per heavy atom. The summed E-state index contributed by atoms with van der Waals surface area (Å²) in [6.07, 6.45) is 0. The third-order valence-electron chi connectivity index (χ3n) is 2.70. The normalized spacial score (nSPS) is 11.6. The number of hydrogen-bond acceptors (Lipinski definition) is 7. The van der Waals surface area contributed by atoms with Gasteiger partial charge in [-0.1, -0.05) is 22.0 Å². The minimum Gasteiger partial charge on any atom is -0.362 e. The van der Waals surface area contributed by atoms with Crippen LogP contribution in [0.3, 0.4) is 0 Å². The third-order valence-corrected chi connectivity index (χ3v) is 3.19. The molecule has 3 aromatic rings. The molecular weight excluding hydrogens is 348 g/mol. The summed E-state index contributed by atoms with van der Waals surface area (Å²) in [5.74, 6) is 1.16. The predicted octanol–water partition coefficient (Wildman–Crippen LogP) is 3.73. The fourth-order valence-electron chi connectivity index (χ4n) is 1.87. The number of hydrogen-bond donors (Lipinski definition) is 2. The molecule has 7 nitrogen and oxygen atoms in total. The van der Waals surface area contributed by atoms with Crippen LogP contribution in [0.15, 0.2) is 33.4 Å². The number of nitrogens with one attached hydrogen (secondary N) is 2. The molecule has 0 bridgehead atoms. The Hall–Kier alpha value is -2.22. The number of nitrogens with zero attached hydrogens (tertiary/aromatic N) is 4. The van der Waals surface area contributed by atoms with E-state index < -0.39 is 0 Å². The van der Waals surface area contributed by atoms with E-state index in [-0.39, 0.29) is 5.54 Å². The Morgan fingerprint density at radius 3 is 2.36 bits per heavy atom. The van der Waals surface area contributed by atoms with Gasteiger partial charge >= 0.3 is 0 Å². The molecule has 0 fully saturated rings. The van der Waals surface area contributed by atoms with Gasteiger partial charge < -0.3 is 10.6 Å². The van der Waals surface area contributed by atoms with Crippen LogP contribution in [0.4, 0.5) is 17.3 Å². The van der Waals surface area contributed by atoms with Gasteiger partial charge in [0.1, 0.15) is 0 Å². The fraction of sp³-hybridized carbons (Fsp3) is 0.286. The Kier molecular flexibility index (Phi) is 3.69. The van der Waals surface area contributed by atoms with Crippen molar-refractivity contribution in [3.05, 3.63) is 28.7 Å². The summed E-state index contributed by atoms with van der Waals surface area (Å²) < 4.78 is 5.66. The number of aromatic nitrogens is 4. The lowest BCUT2D eigenvalue weighted by molar-refractivity contribution is 0.314. The first-order chi connectivity index (χ1) is 10.4. The average molecular weight is 363 g/mol. The van der Waals surface area contributed by atoms with Crippen LogP contribution in [0.2, 0.25) is 0 Å². The molecule has 2 aromatic heterocycles. The number of benzene rings is 1. The molecule has 8 heteroatoms. The Balaban J connectivity index is 2.03. The molecule has 0 amide bonds. The number of fused-ring (bicyclic) bond motifs is 1. The van der Waals surface area contributed by atoms with Crippen molar-refractivity contribution >= 4 is 44.5 Å². The van der Waals surface area contributed by atoms with Gasteiger partial charge in [-0.2, -0.15) is 0 Å². The van der Waals surface area contributed by atoms with Crippen molar-refractivity contribution < 1.29 is 4.63 Å². The van der Waals surface area contributed by atoms with E-state index in [4.69, 9.17) is 0 Å². The lowest BCUT2D eigenvalue weighted by Crippen LogP contribution is -2.27. The molecule has 0 aliphatic heterocycles. The molecule has 0 aliphatic carbocycles. The molecule has 2 N–H and O–H groups in total. The summed E-state index contributed by atoms with van der Waals surface area (Å²) >= 11 is 3.45. The minimum atomic E-state index is -0.173. The Labute approximate surface area is 135 Å². The van der Waals surface area contributed by atoms with Gasteiger partial charge in [0.05, 0.1) is 0 Å². The van der Waals surface area contributed by atoms with Gasteiger partial charge in [0.2, 0.25) is 11.3 Å². The second-order valence-corrected chi connectivity index (χ2v) is 6.76. The Bertz CT molecular complexity index is 810. The van der Waals surface area contributed by atoms with Crippen LogP contribution in [0.25, 0.3) is 11.3 Å². The molecule has 0 unspecified atom stereocenters. The maximum atomic E-state index is 4.69. The second-order valence-electron chi connectivity index (χ2n) is 5.84. The topological polar surface area (TPSA) is 88.8 Å². The van der Waals surface area contributed by atoms with Gasteiger partial charge in [-0.05, 0) is 49.3 Å². The van der Waals surface area contributed by atoms with Crippen molar-refractivity contribution in [2.75, 3.05) is 10.6 Å². The van der Waals surface area contributed by atoms with E-state index in [9.17, 15) is 0 Å². The van der Waals surface area contributed by atoms with Gasteiger partial charge in [-0.3, -0.25) is 0 Å². The zero-order chi connectivity index (χ0) is 15.7. The van der Waals surface area contributed by atoms with E-state index in [0.717, 1.165) is 10.2 Å². The zero-order valence-corrected chi connectivity index (χ0v) is 14.0. The summed E-state index contributed by atoms with van der Waals surface area (Å²) in [6, 6.07) is 7.79. The minimum absolute atomic E-state index is 0.173. The first-order valence-electron chi connectivity index (χ1n) is 6.72. The van der Waals surface area contributed by atoms with Crippen LogP contribution in [0.1, 0.15) is 20.8 Å². The summed E-state index contributed by atoms with van der Waals surface area (Å²) in [5.41, 5.74) is 1.44. The maximum Gasteiger partial charge on any atom is 0.245 e. The molecule has 0 saturated heterocycles. The molecule has 0 spiro atoms. The molecule has 3 rings (SSSR count). The molecule has 0 saturated carbocycles. The van der Waals surface area contributed by atoms with Crippen LogP contribution in [0.5, 0.6) is 0 Å². The summed E-state index contributed by atoms with van der Waals surface area (Å²) in [4.78, 5) is 8.85. The van der Waals surface area contributed by atoms with Crippen molar-refractivity contribution in [2.24, 2.45) is 0 Å². The smallest absolute Gasteiger partial charge is 0.245 e. The van der Waals surface area contributed by atoms with Gasteiger partial charge in [-0.25, -0.2) is 14.6 Å². The zero-order valence-electron chi connectivity index (χ0n) is 12.4. The largest absolute Gasteiger partial charge is 0.362 e. The van der Waals surface area contributed by atoms with Crippen molar-refractivity contribution in [1.29, 1.82) is 0 Å². The van der Waals surface area contributed by atoms with Crippen LogP contribution < -0.4 is 10.6 Å². The lowest BCUT2D eigenvalue weighted by atomic mass is 10.1. The van der Waals surface area contributed by atoms with E-state index in [1.165, 1.54) is 0 Å². The molecule has 22 heavy (non-hydrogen) atoms. The number of rotatable bonds is 3. The fourth-order valence-corrected chi connectivity index (χ4v) is 2.27. The van der Waals surface area contributed by atoms with E-state index >= 15 is 0 Å². The first kappa shape index (κ1) is 14.7. The van der Waals surface area contributed by atoms with Crippen LogP contribution in [-0.4, -0.2) is 25.8 Å². The SMILES string of the molecule is CC(C)(C)Nc1nc2nonc2nc1Nc1cccc(Br)c1. The first-order valence-corrected chi connectivity index (χ1v) is 7.51. The van der Waals surface area contributed by atoms with Gasteiger partial charge in [-0.15, -0.1) is 0 Å². The van der Waals surface area contributed by atoms with Crippen molar-refractivity contribution in [1.82, 2.24) is 20.3 Å². The highest BCUT2D eigenvalue weighted by Crippen LogP contribution is 2.27. The monoisotopic (exact) mass is 362 g/mol. The van der Waals surface area contributed by atoms with Gasteiger partial charge in [0.25, 0.3) is 0 Å². The van der Waals surface area contributed by atoms with Crippen molar-refractivity contribution in [3.8, 4) is 0 Å².